The summed E-state index contributed by atoms with van der Waals surface area (Å²) in [6.45, 7) is 14.3. The van der Waals surface area contributed by atoms with Gasteiger partial charge in [0.15, 0.2) is 0 Å². The number of hydrogen-bond donors (Lipinski definition) is 3. The van der Waals surface area contributed by atoms with Gasteiger partial charge in [0.05, 0.1) is 5.60 Å². The van der Waals surface area contributed by atoms with Crippen LogP contribution < -0.4 is 0 Å². The monoisotopic (exact) mass is 457 g/mol. The second kappa shape index (κ2) is 13.7. The van der Waals surface area contributed by atoms with Gasteiger partial charge in [0.2, 0.25) is 0 Å². The number of nitrogens with zero attached hydrogens (tertiary/aromatic N) is 1. The first-order valence-electron chi connectivity index (χ1n) is 12.8. The van der Waals surface area contributed by atoms with Crippen LogP contribution in [0.5, 0.6) is 11.5 Å². The van der Waals surface area contributed by atoms with Gasteiger partial charge in [-0.2, -0.15) is 5.26 Å². The average molecular weight is 458 g/mol. The fourth-order valence-corrected chi connectivity index (χ4v) is 4.49. The van der Waals surface area contributed by atoms with Gasteiger partial charge >= 0.3 is 0 Å². The molecular weight excluding hydrogens is 410 g/mol. The van der Waals surface area contributed by atoms with Crippen molar-refractivity contribution in [3.63, 3.8) is 0 Å². The van der Waals surface area contributed by atoms with Crippen molar-refractivity contribution in [1.82, 2.24) is 0 Å². The van der Waals surface area contributed by atoms with Gasteiger partial charge in [-0.15, -0.1) is 0 Å². The fourth-order valence-electron chi connectivity index (χ4n) is 4.49. The molecule has 1 aromatic rings. The second-order valence-corrected chi connectivity index (χ2v) is 10.9. The first kappa shape index (κ1) is 29.0. The zero-order chi connectivity index (χ0) is 25.2. The number of phenols is 2. The maximum atomic E-state index is 10.8. The Morgan fingerprint density at radius 2 is 1.36 bits per heavy atom. The smallest absolute Gasteiger partial charge is 0.141 e. The van der Waals surface area contributed by atoms with Crippen molar-refractivity contribution in [1.29, 1.82) is 5.26 Å². The highest BCUT2D eigenvalue weighted by Gasteiger charge is 2.20. The van der Waals surface area contributed by atoms with E-state index in [2.05, 4.69) is 27.7 Å². The molecule has 0 aliphatic carbocycles. The predicted octanol–water partition coefficient (Wildman–Crippen LogP) is 7.79. The molecule has 186 valence electrons. The second-order valence-electron chi connectivity index (χ2n) is 10.9. The van der Waals surface area contributed by atoms with E-state index in [9.17, 15) is 20.6 Å². The Hall–Kier alpha value is -1.99. The number of rotatable bonds is 14. The molecule has 0 radical (unpaired) electrons. The average Bonchev–Trinajstić information content (AvgIpc) is 2.72. The van der Waals surface area contributed by atoms with Crippen LogP contribution in [-0.4, -0.2) is 20.9 Å². The molecule has 33 heavy (non-hydrogen) atoms. The maximum Gasteiger partial charge on any atom is 0.141 e. The van der Waals surface area contributed by atoms with E-state index in [1.54, 1.807) is 32.9 Å². The number of phenolic OH excluding ortho intramolecular Hbond substituents is 2. The molecule has 0 aliphatic heterocycles. The lowest BCUT2D eigenvalue weighted by atomic mass is 9.89. The highest BCUT2D eigenvalue weighted by Crippen LogP contribution is 2.37. The Balaban J connectivity index is 2.51. The van der Waals surface area contributed by atoms with Crippen molar-refractivity contribution in [3.05, 3.63) is 28.3 Å². The SMILES string of the molecule is Cc1c(O)c(C)c(C=CC(C)(O)CCCC(C)CCCC(C)CCCC(C)C)c(O)c1C#N. The Kier molecular flexibility index (Phi) is 12.0. The topological polar surface area (TPSA) is 84.5 Å². The summed E-state index contributed by atoms with van der Waals surface area (Å²) in [6.07, 6.45) is 13.7. The molecule has 0 saturated carbocycles. The zero-order valence-corrected chi connectivity index (χ0v) is 22.0. The molecule has 1 rings (SSSR count). The molecule has 0 aromatic heterocycles. The molecule has 4 nitrogen and oxygen atoms in total. The van der Waals surface area contributed by atoms with E-state index in [1.807, 2.05) is 6.07 Å². The molecule has 3 N–H and O–H groups in total. The zero-order valence-electron chi connectivity index (χ0n) is 22.0. The lowest BCUT2D eigenvalue weighted by molar-refractivity contribution is 0.0979. The van der Waals surface area contributed by atoms with E-state index >= 15 is 0 Å². The third kappa shape index (κ3) is 9.80. The van der Waals surface area contributed by atoms with Crippen LogP contribution in [-0.2, 0) is 0 Å². The summed E-state index contributed by atoms with van der Waals surface area (Å²) in [5, 5.41) is 40.8. The van der Waals surface area contributed by atoms with E-state index in [-0.39, 0.29) is 17.1 Å². The van der Waals surface area contributed by atoms with Crippen molar-refractivity contribution < 1.29 is 15.3 Å². The molecular formula is C29H47NO3. The largest absolute Gasteiger partial charge is 0.507 e. The Morgan fingerprint density at radius 3 is 1.88 bits per heavy atom. The standard InChI is InChI=1S/C29H47NO3/c1-20(2)11-8-12-21(3)13-9-14-22(4)15-10-17-29(7,33)18-16-25-23(5)27(31)24(6)26(19-30)28(25)32/h16,18,20-22,31-33H,8-15,17H2,1-7H3. The van der Waals surface area contributed by atoms with Crippen LogP contribution in [0.25, 0.3) is 6.08 Å². The lowest BCUT2D eigenvalue weighted by Crippen LogP contribution is -2.20. The Bertz CT molecular complexity index is 817. The van der Waals surface area contributed by atoms with Gasteiger partial charge < -0.3 is 15.3 Å². The van der Waals surface area contributed by atoms with E-state index in [0.717, 1.165) is 24.7 Å². The molecule has 0 heterocycles. The van der Waals surface area contributed by atoms with Crippen LogP contribution in [0.2, 0.25) is 0 Å². The summed E-state index contributed by atoms with van der Waals surface area (Å²) in [7, 11) is 0. The van der Waals surface area contributed by atoms with Gasteiger partial charge in [0, 0.05) is 16.7 Å². The number of nitriles is 1. The molecule has 0 aliphatic rings. The first-order chi connectivity index (χ1) is 15.4. The lowest BCUT2D eigenvalue weighted by Gasteiger charge is -2.21. The third-order valence-corrected chi connectivity index (χ3v) is 6.95. The van der Waals surface area contributed by atoms with Gasteiger partial charge in [-0.1, -0.05) is 91.2 Å². The fraction of sp³-hybridized carbons (Fsp3) is 0.690. The maximum absolute atomic E-state index is 10.8. The van der Waals surface area contributed by atoms with E-state index in [4.69, 9.17) is 0 Å². The minimum atomic E-state index is -1.02. The number of benzene rings is 1. The van der Waals surface area contributed by atoms with Crippen molar-refractivity contribution in [3.8, 4) is 17.6 Å². The summed E-state index contributed by atoms with van der Waals surface area (Å²) >= 11 is 0. The van der Waals surface area contributed by atoms with Gasteiger partial charge in [-0.25, -0.2) is 0 Å². The van der Waals surface area contributed by atoms with Crippen LogP contribution in [0.15, 0.2) is 6.08 Å². The molecule has 0 fully saturated rings. The summed E-state index contributed by atoms with van der Waals surface area (Å²) in [4.78, 5) is 0. The summed E-state index contributed by atoms with van der Waals surface area (Å²) < 4.78 is 0. The highest BCUT2D eigenvalue weighted by atomic mass is 16.3. The minimum Gasteiger partial charge on any atom is -0.507 e. The number of aromatic hydroxyl groups is 2. The third-order valence-electron chi connectivity index (χ3n) is 6.95. The number of aliphatic hydroxyl groups is 1. The Labute approximate surface area is 202 Å². The van der Waals surface area contributed by atoms with E-state index < -0.39 is 5.60 Å². The van der Waals surface area contributed by atoms with Crippen LogP contribution in [0.1, 0.15) is 115 Å². The normalized spacial score (nSPS) is 15.5. The van der Waals surface area contributed by atoms with Crippen LogP contribution in [0.3, 0.4) is 0 Å². The van der Waals surface area contributed by atoms with E-state index in [0.29, 0.717) is 29.0 Å². The highest BCUT2D eigenvalue weighted by molar-refractivity contribution is 5.71. The van der Waals surface area contributed by atoms with Crippen LogP contribution >= 0.6 is 0 Å². The molecule has 0 spiro atoms. The van der Waals surface area contributed by atoms with Crippen LogP contribution in [0.4, 0.5) is 0 Å². The predicted molar refractivity (Wildman–Crippen MR) is 138 cm³/mol. The molecule has 0 bridgehead atoms. The summed E-state index contributed by atoms with van der Waals surface area (Å²) in [5.74, 6) is 2.12. The molecule has 1 aromatic carbocycles. The van der Waals surface area contributed by atoms with Crippen molar-refractivity contribution in [2.24, 2.45) is 17.8 Å². The van der Waals surface area contributed by atoms with Crippen LogP contribution in [0, 0.1) is 42.9 Å². The van der Waals surface area contributed by atoms with E-state index in [1.165, 1.54) is 38.5 Å². The van der Waals surface area contributed by atoms with Gasteiger partial charge in [0.1, 0.15) is 23.1 Å². The molecule has 4 heteroatoms. The van der Waals surface area contributed by atoms with Crippen molar-refractivity contribution in [2.75, 3.05) is 0 Å². The summed E-state index contributed by atoms with van der Waals surface area (Å²) in [5.41, 5.74) is 0.307. The van der Waals surface area contributed by atoms with Crippen molar-refractivity contribution in [2.45, 2.75) is 112 Å². The molecule has 0 amide bonds. The first-order valence-corrected chi connectivity index (χ1v) is 12.8. The molecule has 3 atom stereocenters. The number of hydrogen-bond acceptors (Lipinski definition) is 4. The minimum absolute atomic E-state index is 0.00621. The van der Waals surface area contributed by atoms with Gasteiger partial charge in [-0.05, 0) is 44.9 Å². The quantitative estimate of drug-likeness (QED) is 0.249. The summed E-state index contributed by atoms with van der Waals surface area (Å²) in [6, 6.07) is 1.95. The molecule has 3 unspecified atom stereocenters. The van der Waals surface area contributed by atoms with Crippen molar-refractivity contribution >= 4 is 6.08 Å². The Morgan fingerprint density at radius 1 is 0.848 bits per heavy atom. The van der Waals surface area contributed by atoms with Gasteiger partial charge in [-0.3, -0.25) is 0 Å². The van der Waals surface area contributed by atoms with Gasteiger partial charge in [0.25, 0.3) is 0 Å². The molecule has 0 saturated heterocycles.